The Balaban J connectivity index is 1.74. The van der Waals surface area contributed by atoms with Crippen LogP contribution in [0.15, 0.2) is 48.5 Å². The van der Waals surface area contributed by atoms with Crippen LogP contribution in [0.3, 0.4) is 0 Å². The van der Waals surface area contributed by atoms with Gasteiger partial charge in [-0.25, -0.2) is 0 Å². The van der Waals surface area contributed by atoms with Crippen LogP contribution < -0.4 is 5.32 Å². The van der Waals surface area contributed by atoms with Crippen LogP contribution >= 0.6 is 0 Å². The van der Waals surface area contributed by atoms with Gasteiger partial charge in [-0.2, -0.15) is 0 Å². The highest BCUT2D eigenvalue weighted by atomic mass is 16.6. The van der Waals surface area contributed by atoms with Crippen molar-refractivity contribution in [2.24, 2.45) is 0 Å². The molecule has 0 saturated heterocycles. The van der Waals surface area contributed by atoms with Crippen molar-refractivity contribution in [3.8, 4) is 0 Å². The number of para-hydroxylation sites is 3. The Bertz CT molecular complexity index is 885. The molecular formula is C18H17N3O2. The van der Waals surface area contributed by atoms with Crippen molar-refractivity contribution in [3.05, 3.63) is 69.9 Å². The maximum Gasteiger partial charge on any atom is 0.292 e. The smallest absolute Gasteiger partial charge is 0.292 e. The molecule has 5 heteroatoms. The number of aryl methyl sites for hydroxylation is 1. The summed E-state index contributed by atoms with van der Waals surface area (Å²) in [7, 11) is 0. The third-order valence-corrected chi connectivity index (χ3v) is 4.55. The molecule has 2 aromatic carbocycles. The van der Waals surface area contributed by atoms with Gasteiger partial charge in [0.05, 0.1) is 11.0 Å². The molecule has 1 unspecified atom stereocenters. The molecule has 1 atom stereocenters. The van der Waals surface area contributed by atoms with E-state index in [1.807, 2.05) is 12.1 Å². The molecule has 0 saturated carbocycles. The van der Waals surface area contributed by atoms with Gasteiger partial charge in [0.25, 0.3) is 5.69 Å². The number of hydrogen-bond acceptors (Lipinski definition) is 3. The molecule has 3 aromatic rings. The molecular weight excluding hydrogens is 290 g/mol. The van der Waals surface area contributed by atoms with E-state index in [-0.39, 0.29) is 16.7 Å². The summed E-state index contributed by atoms with van der Waals surface area (Å²) in [5.74, 6) is 0. The molecule has 0 spiro atoms. The van der Waals surface area contributed by atoms with Gasteiger partial charge in [-0.3, -0.25) is 10.1 Å². The summed E-state index contributed by atoms with van der Waals surface area (Å²) in [6, 6.07) is 15.2. The van der Waals surface area contributed by atoms with E-state index in [1.54, 1.807) is 12.1 Å². The Labute approximate surface area is 133 Å². The average molecular weight is 307 g/mol. The maximum atomic E-state index is 11.2. The summed E-state index contributed by atoms with van der Waals surface area (Å²) < 4.78 is 0. The zero-order valence-corrected chi connectivity index (χ0v) is 12.6. The predicted molar refractivity (Wildman–Crippen MR) is 90.7 cm³/mol. The van der Waals surface area contributed by atoms with E-state index in [4.69, 9.17) is 0 Å². The first-order valence-corrected chi connectivity index (χ1v) is 7.83. The number of fused-ring (bicyclic) bond motifs is 3. The Hall–Kier alpha value is -2.82. The molecule has 4 rings (SSSR count). The standard InChI is InChI=1S/C18H17N3O2/c22-21(23)17-11-4-3-9-15(17)19-16-10-5-7-13-12-6-1-2-8-14(12)20-18(13)16/h1-4,6,8-9,11,16,19-20H,5,7,10H2. The quantitative estimate of drug-likeness (QED) is 0.550. The summed E-state index contributed by atoms with van der Waals surface area (Å²) in [4.78, 5) is 14.4. The predicted octanol–water partition coefficient (Wildman–Crippen LogP) is 4.57. The summed E-state index contributed by atoms with van der Waals surface area (Å²) in [6.45, 7) is 0. The second-order valence-electron chi connectivity index (χ2n) is 5.93. The number of nitro groups is 1. The number of benzene rings is 2. The van der Waals surface area contributed by atoms with Crippen molar-refractivity contribution < 1.29 is 4.92 Å². The van der Waals surface area contributed by atoms with E-state index < -0.39 is 0 Å². The molecule has 1 heterocycles. The number of nitro benzene ring substituents is 1. The number of aromatic nitrogens is 1. The molecule has 116 valence electrons. The number of H-pyrrole nitrogens is 1. The van der Waals surface area contributed by atoms with Gasteiger partial charge in [0, 0.05) is 22.7 Å². The van der Waals surface area contributed by atoms with Crippen molar-refractivity contribution in [1.82, 2.24) is 4.98 Å². The topological polar surface area (TPSA) is 71.0 Å². The van der Waals surface area contributed by atoms with Crippen LogP contribution in [0.4, 0.5) is 11.4 Å². The van der Waals surface area contributed by atoms with Gasteiger partial charge < -0.3 is 10.3 Å². The first-order valence-electron chi connectivity index (χ1n) is 7.83. The van der Waals surface area contributed by atoms with Crippen LogP contribution in [0.5, 0.6) is 0 Å². The first kappa shape index (κ1) is 13.8. The van der Waals surface area contributed by atoms with Crippen molar-refractivity contribution in [3.63, 3.8) is 0 Å². The summed E-state index contributed by atoms with van der Waals surface area (Å²) in [5, 5.41) is 15.8. The Kier molecular flexibility index (Phi) is 3.26. The zero-order valence-electron chi connectivity index (χ0n) is 12.6. The highest BCUT2D eigenvalue weighted by molar-refractivity contribution is 5.85. The summed E-state index contributed by atoms with van der Waals surface area (Å²) in [6.07, 6.45) is 3.09. The fourth-order valence-corrected chi connectivity index (χ4v) is 3.50. The largest absolute Gasteiger partial charge is 0.371 e. The molecule has 0 amide bonds. The second kappa shape index (κ2) is 5.43. The fourth-order valence-electron chi connectivity index (χ4n) is 3.50. The lowest BCUT2D eigenvalue weighted by atomic mass is 9.91. The number of rotatable bonds is 3. The van der Waals surface area contributed by atoms with Crippen molar-refractivity contribution in [2.75, 3.05) is 5.32 Å². The summed E-state index contributed by atoms with van der Waals surface area (Å²) >= 11 is 0. The SMILES string of the molecule is O=[N+]([O-])c1ccccc1NC1CCCc2c1[nH]c1ccccc21. The van der Waals surface area contributed by atoms with Crippen LogP contribution in [0.1, 0.15) is 30.1 Å². The van der Waals surface area contributed by atoms with Gasteiger partial charge in [0.1, 0.15) is 5.69 Å². The lowest BCUT2D eigenvalue weighted by molar-refractivity contribution is -0.384. The van der Waals surface area contributed by atoms with Gasteiger partial charge in [-0.05, 0) is 37.0 Å². The van der Waals surface area contributed by atoms with Gasteiger partial charge in [0.2, 0.25) is 0 Å². The van der Waals surface area contributed by atoms with Crippen LogP contribution in [0.25, 0.3) is 10.9 Å². The Morgan fingerprint density at radius 2 is 1.91 bits per heavy atom. The lowest BCUT2D eigenvalue weighted by Crippen LogP contribution is -2.17. The highest BCUT2D eigenvalue weighted by Crippen LogP contribution is 2.37. The van der Waals surface area contributed by atoms with Crippen LogP contribution in [0, 0.1) is 10.1 Å². The lowest BCUT2D eigenvalue weighted by Gasteiger charge is -2.24. The molecule has 23 heavy (non-hydrogen) atoms. The van der Waals surface area contributed by atoms with Gasteiger partial charge in [0.15, 0.2) is 0 Å². The minimum absolute atomic E-state index is 0.0762. The third-order valence-electron chi connectivity index (χ3n) is 4.55. The average Bonchev–Trinajstić information content (AvgIpc) is 2.95. The van der Waals surface area contributed by atoms with Crippen molar-refractivity contribution in [2.45, 2.75) is 25.3 Å². The van der Waals surface area contributed by atoms with E-state index >= 15 is 0 Å². The molecule has 0 aliphatic heterocycles. The zero-order chi connectivity index (χ0) is 15.8. The van der Waals surface area contributed by atoms with Crippen molar-refractivity contribution >= 4 is 22.3 Å². The van der Waals surface area contributed by atoms with Gasteiger partial charge in [-0.1, -0.05) is 30.3 Å². The van der Waals surface area contributed by atoms with Gasteiger partial charge >= 0.3 is 0 Å². The number of nitrogens with zero attached hydrogens (tertiary/aromatic N) is 1. The van der Waals surface area contributed by atoms with E-state index in [0.717, 1.165) is 30.5 Å². The number of hydrogen-bond donors (Lipinski definition) is 2. The molecule has 1 aromatic heterocycles. The van der Waals surface area contributed by atoms with Crippen molar-refractivity contribution in [1.29, 1.82) is 0 Å². The minimum atomic E-state index is -0.336. The number of aromatic amines is 1. The Morgan fingerprint density at radius 1 is 1.13 bits per heavy atom. The summed E-state index contributed by atoms with van der Waals surface area (Å²) in [5.41, 5.74) is 4.33. The molecule has 2 N–H and O–H groups in total. The molecule has 0 fully saturated rings. The van der Waals surface area contributed by atoms with Crippen LogP contribution in [-0.2, 0) is 6.42 Å². The molecule has 1 aliphatic carbocycles. The fraction of sp³-hybridized carbons (Fsp3) is 0.222. The second-order valence-corrected chi connectivity index (χ2v) is 5.93. The van der Waals surface area contributed by atoms with E-state index in [0.29, 0.717) is 5.69 Å². The van der Waals surface area contributed by atoms with E-state index in [9.17, 15) is 10.1 Å². The van der Waals surface area contributed by atoms with Gasteiger partial charge in [-0.15, -0.1) is 0 Å². The monoisotopic (exact) mass is 307 g/mol. The third kappa shape index (κ3) is 2.34. The molecule has 0 radical (unpaired) electrons. The molecule has 0 bridgehead atoms. The van der Waals surface area contributed by atoms with E-state index in [2.05, 4.69) is 28.5 Å². The molecule has 1 aliphatic rings. The first-order chi connectivity index (χ1) is 11.2. The minimum Gasteiger partial charge on any atom is -0.371 e. The normalized spacial score (nSPS) is 17.0. The van der Waals surface area contributed by atoms with E-state index in [1.165, 1.54) is 17.0 Å². The highest BCUT2D eigenvalue weighted by Gasteiger charge is 2.25. The Morgan fingerprint density at radius 3 is 2.78 bits per heavy atom. The molecule has 5 nitrogen and oxygen atoms in total. The number of nitrogens with one attached hydrogen (secondary N) is 2. The number of anilines is 1. The maximum absolute atomic E-state index is 11.2. The van der Waals surface area contributed by atoms with Crippen LogP contribution in [-0.4, -0.2) is 9.91 Å². The van der Waals surface area contributed by atoms with Crippen LogP contribution in [0.2, 0.25) is 0 Å².